The van der Waals surface area contributed by atoms with E-state index in [1.807, 2.05) is 29.6 Å². The molecule has 2 N–H and O–H groups in total. The van der Waals surface area contributed by atoms with Gasteiger partial charge in [0.15, 0.2) is 0 Å². The third-order valence-electron chi connectivity index (χ3n) is 3.37. The number of benzene rings is 1. The molecule has 0 saturated heterocycles. The second-order valence-electron chi connectivity index (χ2n) is 4.86. The summed E-state index contributed by atoms with van der Waals surface area (Å²) < 4.78 is 5.17. The average Bonchev–Trinajstić information content (AvgIpc) is 3.05. The number of hydrogen-bond donors (Lipinski definition) is 2. The van der Waals surface area contributed by atoms with Crippen LogP contribution in [-0.4, -0.2) is 31.9 Å². The molecule has 0 spiro atoms. The van der Waals surface area contributed by atoms with Crippen molar-refractivity contribution in [3.8, 4) is 5.75 Å². The Morgan fingerprint density at radius 3 is 2.82 bits per heavy atom. The van der Waals surface area contributed by atoms with Crippen LogP contribution in [0.3, 0.4) is 0 Å². The second-order valence-corrected chi connectivity index (χ2v) is 5.78. The predicted molar refractivity (Wildman–Crippen MR) is 89.3 cm³/mol. The number of amides is 1. The van der Waals surface area contributed by atoms with E-state index < -0.39 is 0 Å². The van der Waals surface area contributed by atoms with Gasteiger partial charge in [0, 0.05) is 24.3 Å². The summed E-state index contributed by atoms with van der Waals surface area (Å²) in [4.78, 5) is 17.3. The maximum Gasteiger partial charge on any atom is 0.269 e. The van der Waals surface area contributed by atoms with Gasteiger partial charge in [0.25, 0.3) is 5.91 Å². The number of ether oxygens (including phenoxy) is 1. The molecule has 1 aromatic heterocycles. The lowest BCUT2D eigenvalue weighted by Crippen LogP contribution is -2.30. The fraction of sp³-hybridized carbons (Fsp3) is 0.250. The molecule has 0 bridgehead atoms. The maximum atomic E-state index is 12.2. The van der Waals surface area contributed by atoms with Crippen molar-refractivity contribution >= 4 is 28.8 Å². The smallest absolute Gasteiger partial charge is 0.269 e. The van der Waals surface area contributed by atoms with Crippen LogP contribution in [0.1, 0.15) is 21.7 Å². The first-order valence-corrected chi connectivity index (χ1v) is 7.97. The average molecular weight is 315 g/mol. The summed E-state index contributed by atoms with van der Waals surface area (Å²) in [5, 5.41) is 8.00. The molecular formula is C16H17N3O2S. The fourth-order valence-electron chi connectivity index (χ4n) is 2.25. The molecule has 1 amide bonds. The zero-order chi connectivity index (χ0) is 15.4. The molecule has 2 aromatic rings. The number of nitrogens with one attached hydrogen (secondary N) is 2. The normalized spacial score (nSPS) is 14.0. The first kappa shape index (κ1) is 14.6. The summed E-state index contributed by atoms with van der Waals surface area (Å²) >= 11 is 1.36. The minimum absolute atomic E-state index is 0.160. The first-order valence-electron chi connectivity index (χ1n) is 7.09. The van der Waals surface area contributed by atoms with Crippen molar-refractivity contribution in [1.29, 1.82) is 0 Å². The molecule has 114 valence electrons. The molecule has 1 aliphatic heterocycles. The highest BCUT2D eigenvalue weighted by Gasteiger charge is 2.14. The summed E-state index contributed by atoms with van der Waals surface area (Å²) in [6, 6.07) is 9.46. The predicted octanol–water partition coefficient (Wildman–Crippen LogP) is 2.75. The van der Waals surface area contributed by atoms with Crippen molar-refractivity contribution in [3.63, 3.8) is 0 Å². The largest absolute Gasteiger partial charge is 0.495 e. The molecule has 5 nitrogen and oxygen atoms in total. The minimum Gasteiger partial charge on any atom is -0.495 e. The molecule has 0 unspecified atom stereocenters. The highest BCUT2D eigenvalue weighted by molar-refractivity contribution is 7.12. The molecule has 6 heteroatoms. The Labute approximate surface area is 133 Å². The number of aliphatic imine (C=N–C) groups is 1. The SMILES string of the molecule is COc1ccsc1C(=O)Nc1ccc(C2=NCCCN2)cc1. The third-order valence-corrected chi connectivity index (χ3v) is 4.26. The molecule has 0 aliphatic carbocycles. The molecule has 1 aliphatic rings. The summed E-state index contributed by atoms with van der Waals surface area (Å²) in [6.07, 6.45) is 1.07. The second kappa shape index (κ2) is 6.62. The Bertz CT molecular complexity index is 692. The first-order chi connectivity index (χ1) is 10.8. The van der Waals surface area contributed by atoms with Gasteiger partial charge in [-0.2, -0.15) is 0 Å². The molecule has 22 heavy (non-hydrogen) atoms. The van der Waals surface area contributed by atoms with E-state index in [9.17, 15) is 4.79 Å². The van der Waals surface area contributed by atoms with Gasteiger partial charge in [-0.1, -0.05) is 0 Å². The Morgan fingerprint density at radius 2 is 2.14 bits per heavy atom. The number of methoxy groups -OCH3 is 1. The Balaban J connectivity index is 1.71. The number of nitrogens with zero attached hydrogens (tertiary/aromatic N) is 1. The van der Waals surface area contributed by atoms with Gasteiger partial charge >= 0.3 is 0 Å². The van der Waals surface area contributed by atoms with Crippen LogP contribution in [0, 0.1) is 0 Å². The van der Waals surface area contributed by atoms with Crippen LogP contribution < -0.4 is 15.4 Å². The van der Waals surface area contributed by atoms with Gasteiger partial charge in [0.1, 0.15) is 16.5 Å². The Hall–Kier alpha value is -2.34. The highest BCUT2D eigenvalue weighted by Crippen LogP contribution is 2.25. The van der Waals surface area contributed by atoms with E-state index in [4.69, 9.17) is 4.74 Å². The van der Waals surface area contributed by atoms with Crippen LogP contribution in [0.2, 0.25) is 0 Å². The van der Waals surface area contributed by atoms with E-state index in [1.54, 1.807) is 13.2 Å². The van der Waals surface area contributed by atoms with Crippen LogP contribution in [0.15, 0.2) is 40.7 Å². The van der Waals surface area contributed by atoms with E-state index in [0.29, 0.717) is 10.6 Å². The highest BCUT2D eigenvalue weighted by atomic mass is 32.1. The van der Waals surface area contributed by atoms with Crippen molar-refractivity contribution in [3.05, 3.63) is 46.2 Å². The van der Waals surface area contributed by atoms with Crippen LogP contribution in [0.25, 0.3) is 0 Å². The van der Waals surface area contributed by atoms with Gasteiger partial charge in [0.05, 0.1) is 7.11 Å². The van der Waals surface area contributed by atoms with Crippen LogP contribution >= 0.6 is 11.3 Å². The van der Waals surface area contributed by atoms with Gasteiger partial charge in [-0.25, -0.2) is 0 Å². The van der Waals surface area contributed by atoms with E-state index in [0.717, 1.165) is 36.6 Å². The van der Waals surface area contributed by atoms with E-state index in [1.165, 1.54) is 11.3 Å². The zero-order valence-electron chi connectivity index (χ0n) is 12.3. The number of carbonyl (C=O) groups is 1. The topological polar surface area (TPSA) is 62.7 Å². The quantitative estimate of drug-likeness (QED) is 0.912. The molecule has 0 radical (unpaired) electrons. The molecule has 0 saturated carbocycles. The Morgan fingerprint density at radius 1 is 1.32 bits per heavy atom. The van der Waals surface area contributed by atoms with Gasteiger partial charge in [-0.3, -0.25) is 9.79 Å². The molecule has 0 atom stereocenters. The molecule has 1 aromatic carbocycles. The standard InChI is InChI=1S/C16H17N3O2S/c1-21-13-7-10-22-14(13)16(20)19-12-5-3-11(4-6-12)15-17-8-2-9-18-15/h3-7,10H,2,8-9H2,1H3,(H,17,18)(H,19,20). The lowest BCUT2D eigenvalue weighted by atomic mass is 10.1. The van der Waals surface area contributed by atoms with E-state index in [2.05, 4.69) is 15.6 Å². The lowest BCUT2D eigenvalue weighted by Gasteiger charge is -2.15. The molecular weight excluding hydrogens is 298 g/mol. The number of amidine groups is 1. The van der Waals surface area contributed by atoms with Crippen molar-refractivity contribution in [1.82, 2.24) is 5.32 Å². The lowest BCUT2D eigenvalue weighted by molar-refractivity contribution is 0.102. The minimum atomic E-state index is -0.160. The van der Waals surface area contributed by atoms with Crippen molar-refractivity contribution < 1.29 is 9.53 Å². The number of carbonyl (C=O) groups excluding carboxylic acids is 1. The van der Waals surface area contributed by atoms with Gasteiger partial charge in [-0.15, -0.1) is 11.3 Å². The number of hydrogen-bond acceptors (Lipinski definition) is 5. The number of anilines is 1. The van der Waals surface area contributed by atoms with Crippen molar-refractivity contribution in [2.24, 2.45) is 4.99 Å². The van der Waals surface area contributed by atoms with E-state index >= 15 is 0 Å². The summed E-state index contributed by atoms with van der Waals surface area (Å²) in [5.41, 5.74) is 1.78. The molecule has 2 heterocycles. The summed E-state index contributed by atoms with van der Waals surface area (Å²) in [7, 11) is 1.56. The maximum absolute atomic E-state index is 12.2. The number of rotatable bonds is 4. The zero-order valence-corrected chi connectivity index (χ0v) is 13.1. The van der Waals surface area contributed by atoms with E-state index in [-0.39, 0.29) is 5.91 Å². The number of thiophene rings is 1. The van der Waals surface area contributed by atoms with Crippen molar-refractivity contribution in [2.45, 2.75) is 6.42 Å². The summed E-state index contributed by atoms with van der Waals surface area (Å²) in [6.45, 7) is 1.81. The van der Waals surface area contributed by atoms with Crippen LogP contribution in [-0.2, 0) is 0 Å². The molecule has 0 fully saturated rings. The van der Waals surface area contributed by atoms with Gasteiger partial charge < -0.3 is 15.4 Å². The third kappa shape index (κ3) is 3.12. The Kier molecular flexibility index (Phi) is 4.39. The molecule has 3 rings (SSSR count). The monoisotopic (exact) mass is 315 g/mol. The van der Waals surface area contributed by atoms with Gasteiger partial charge in [0.2, 0.25) is 0 Å². The summed E-state index contributed by atoms with van der Waals surface area (Å²) in [5.74, 6) is 1.36. The fourth-order valence-corrected chi connectivity index (χ4v) is 3.00. The van der Waals surface area contributed by atoms with Crippen molar-refractivity contribution in [2.75, 3.05) is 25.5 Å². The van der Waals surface area contributed by atoms with Crippen LogP contribution in [0.4, 0.5) is 5.69 Å². The van der Waals surface area contributed by atoms with Crippen LogP contribution in [0.5, 0.6) is 5.75 Å². The van der Waals surface area contributed by atoms with Gasteiger partial charge in [-0.05, 0) is 42.1 Å².